The van der Waals surface area contributed by atoms with Crippen LogP contribution >= 0.6 is 0 Å². The van der Waals surface area contributed by atoms with Crippen molar-refractivity contribution < 1.29 is 14.0 Å². The van der Waals surface area contributed by atoms with Gasteiger partial charge in [-0.1, -0.05) is 6.07 Å². The first-order valence-electron chi connectivity index (χ1n) is 8.96. The minimum absolute atomic E-state index is 0.0124. The average molecular weight is 355 g/mol. The highest BCUT2D eigenvalue weighted by Gasteiger charge is 2.25. The lowest BCUT2D eigenvalue weighted by molar-refractivity contribution is 0.0681. The molecule has 1 aliphatic rings. The van der Waals surface area contributed by atoms with Gasteiger partial charge in [0.15, 0.2) is 5.76 Å². The van der Waals surface area contributed by atoms with Crippen molar-refractivity contribution in [2.45, 2.75) is 32.7 Å². The quantitative estimate of drug-likeness (QED) is 0.882. The van der Waals surface area contributed by atoms with E-state index in [-0.39, 0.29) is 23.6 Å². The molecule has 1 atom stereocenters. The number of nitrogens with one attached hydrogen (secondary N) is 1. The smallest absolute Gasteiger partial charge is 0.291 e. The molecule has 0 saturated carbocycles. The zero-order chi connectivity index (χ0) is 18.7. The normalized spacial score (nSPS) is 16.3. The minimum Gasteiger partial charge on any atom is -0.459 e. The molecule has 0 aliphatic carbocycles. The molecule has 2 amide bonds. The largest absolute Gasteiger partial charge is 0.459 e. The van der Waals surface area contributed by atoms with Gasteiger partial charge < -0.3 is 20.4 Å². The van der Waals surface area contributed by atoms with E-state index in [2.05, 4.69) is 5.32 Å². The molecule has 1 aromatic heterocycles. The summed E-state index contributed by atoms with van der Waals surface area (Å²) in [6.45, 7) is 5.34. The van der Waals surface area contributed by atoms with Crippen LogP contribution in [0.15, 0.2) is 41.0 Å². The van der Waals surface area contributed by atoms with Crippen LogP contribution in [-0.2, 0) is 0 Å². The van der Waals surface area contributed by atoms with Crippen molar-refractivity contribution in [1.29, 1.82) is 0 Å². The van der Waals surface area contributed by atoms with Crippen LogP contribution in [0, 0.1) is 12.8 Å². The van der Waals surface area contributed by atoms with Crippen molar-refractivity contribution in [3.63, 3.8) is 0 Å². The van der Waals surface area contributed by atoms with Crippen molar-refractivity contribution in [2.75, 3.05) is 18.4 Å². The summed E-state index contributed by atoms with van der Waals surface area (Å²) in [6.07, 6.45) is 3.31. The number of anilines is 1. The summed E-state index contributed by atoms with van der Waals surface area (Å²) in [6, 6.07) is 8.80. The van der Waals surface area contributed by atoms with Gasteiger partial charge in [0.05, 0.1) is 6.26 Å². The van der Waals surface area contributed by atoms with Crippen molar-refractivity contribution in [3.05, 3.63) is 53.5 Å². The molecule has 26 heavy (non-hydrogen) atoms. The first kappa shape index (κ1) is 18.2. The average Bonchev–Trinajstić information content (AvgIpc) is 3.18. The third kappa shape index (κ3) is 3.96. The molecular weight excluding hydrogens is 330 g/mol. The lowest BCUT2D eigenvalue weighted by atomic mass is 9.90. The number of piperidine rings is 1. The second kappa shape index (κ2) is 7.74. The number of rotatable bonds is 4. The maximum absolute atomic E-state index is 12.8. The molecule has 3 N–H and O–H groups in total. The topological polar surface area (TPSA) is 88.6 Å². The Labute approximate surface area is 153 Å². The van der Waals surface area contributed by atoms with Crippen LogP contribution in [0.25, 0.3) is 0 Å². The second-order valence-electron chi connectivity index (χ2n) is 6.95. The molecule has 1 aromatic carbocycles. The summed E-state index contributed by atoms with van der Waals surface area (Å²) in [4.78, 5) is 26.9. The lowest BCUT2D eigenvalue weighted by Gasteiger charge is -2.33. The Morgan fingerprint density at radius 2 is 2.00 bits per heavy atom. The van der Waals surface area contributed by atoms with E-state index in [0.717, 1.165) is 18.4 Å². The summed E-state index contributed by atoms with van der Waals surface area (Å²) in [5, 5.41) is 2.81. The first-order chi connectivity index (χ1) is 12.5. The Bertz CT molecular complexity index is 776. The fourth-order valence-corrected chi connectivity index (χ4v) is 3.29. The number of hydrogen-bond donors (Lipinski definition) is 2. The lowest BCUT2D eigenvalue weighted by Crippen LogP contribution is -2.42. The Balaban J connectivity index is 1.71. The van der Waals surface area contributed by atoms with Gasteiger partial charge in [-0.05, 0) is 62.4 Å². The molecule has 138 valence electrons. The van der Waals surface area contributed by atoms with Gasteiger partial charge in [0, 0.05) is 30.4 Å². The van der Waals surface area contributed by atoms with Gasteiger partial charge in [-0.15, -0.1) is 0 Å². The van der Waals surface area contributed by atoms with E-state index >= 15 is 0 Å². The first-order valence-corrected chi connectivity index (χ1v) is 8.96. The highest BCUT2D eigenvalue weighted by molar-refractivity contribution is 6.03. The van der Waals surface area contributed by atoms with Gasteiger partial charge in [-0.2, -0.15) is 0 Å². The predicted octanol–water partition coefficient (Wildman–Crippen LogP) is 3.04. The maximum atomic E-state index is 12.8. The van der Waals surface area contributed by atoms with Gasteiger partial charge in [-0.3, -0.25) is 9.59 Å². The Morgan fingerprint density at radius 3 is 2.62 bits per heavy atom. The summed E-state index contributed by atoms with van der Waals surface area (Å²) < 4.78 is 5.11. The standard InChI is InChI=1S/C20H25N3O3/c1-13-5-6-16(12-17(13)22-19(24)18-4-3-11-26-18)20(25)23-9-7-15(8-10-23)14(2)21/h3-6,11-12,14-15H,7-10,21H2,1-2H3,(H,22,24). The van der Waals surface area contributed by atoms with Crippen molar-refractivity contribution in [3.8, 4) is 0 Å². The number of benzene rings is 1. The zero-order valence-corrected chi connectivity index (χ0v) is 15.2. The molecular formula is C20H25N3O3. The van der Waals surface area contributed by atoms with Gasteiger partial charge in [0.1, 0.15) is 0 Å². The third-order valence-corrected chi connectivity index (χ3v) is 5.05. The molecule has 6 heteroatoms. The van der Waals surface area contributed by atoms with Crippen molar-refractivity contribution in [1.82, 2.24) is 4.90 Å². The van der Waals surface area contributed by atoms with E-state index in [1.165, 1.54) is 6.26 Å². The van der Waals surface area contributed by atoms with E-state index in [0.29, 0.717) is 30.3 Å². The van der Waals surface area contributed by atoms with E-state index in [9.17, 15) is 9.59 Å². The zero-order valence-electron chi connectivity index (χ0n) is 15.2. The van der Waals surface area contributed by atoms with Gasteiger partial charge in [0.2, 0.25) is 0 Å². The SMILES string of the molecule is Cc1ccc(C(=O)N2CCC(C(C)N)CC2)cc1NC(=O)c1ccco1. The van der Waals surface area contributed by atoms with Crippen molar-refractivity contribution >= 4 is 17.5 Å². The van der Waals surface area contributed by atoms with Crippen LogP contribution in [0.4, 0.5) is 5.69 Å². The maximum Gasteiger partial charge on any atom is 0.291 e. The van der Waals surface area contributed by atoms with Crippen molar-refractivity contribution in [2.24, 2.45) is 11.7 Å². The molecule has 0 spiro atoms. The molecule has 0 bridgehead atoms. The van der Waals surface area contributed by atoms with Crippen LogP contribution in [-0.4, -0.2) is 35.8 Å². The highest BCUT2D eigenvalue weighted by atomic mass is 16.3. The van der Waals surface area contributed by atoms with E-state index in [1.54, 1.807) is 24.3 Å². The number of carbonyl (C=O) groups is 2. The highest BCUT2D eigenvalue weighted by Crippen LogP contribution is 2.23. The molecule has 6 nitrogen and oxygen atoms in total. The van der Waals surface area contributed by atoms with E-state index in [4.69, 9.17) is 10.2 Å². The van der Waals surface area contributed by atoms with Crippen LogP contribution in [0.3, 0.4) is 0 Å². The number of likely N-dealkylation sites (tertiary alicyclic amines) is 1. The molecule has 1 fully saturated rings. The predicted molar refractivity (Wildman–Crippen MR) is 100 cm³/mol. The summed E-state index contributed by atoms with van der Waals surface area (Å²) in [5.41, 5.74) is 8.05. The second-order valence-corrected chi connectivity index (χ2v) is 6.95. The van der Waals surface area contributed by atoms with Gasteiger partial charge in [-0.25, -0.2) is 0 Å². The van der Waals surface area contributed by atoms with Gasteiger partial charge in [0.25, 0.3) is 11.8 Å². The number of nitrogens with two attached hydrogens (primary N) is 1. The molecule has 1 saturated heterocycles. The Hall–Kier alpha value is -2.60. The monoisotopic (exact) mass is 355 g/mol. The fraction of sp³-hybridized carbons (Fsp3) is 0.400. The van der Waals surface area contributed by atoms with Gasteiger partial charge >= 0.3 is 0 Å². The number of furan rings is 1. The third-order valence-electron chi connectivity index (χ3n) is 5.05. The summed E-state index contributed by atoms with van der Waals surface area (Å²) in [7, 11) is 0. The van der Waals surface area contributed by atoms with Crippen LogP contribution < -0.4 is 11.1 Å². The van der Waals surface area contributed by atoms with E-state index < -0.39 is 0 Å². The number of hydrogen-bond acceptors (Lipinski definition) is 4. The summed E-state index contributed by atoms with van der Waals surface area (Å²) in [5.74, 6) is 0.362. The molecule has 1 unspecified atom stereocenters. The minimum atomic E-state index is -0.333. The van der Waals surface area contributed by atoms with Crippen LogP contribution in [0.5, 0.6) is 0 Å². The number of amides is 2. The Morgan fingerprint density at radius 1 is 1.27 bits per heavy atom. The molecule has 1 aliphatic heterocycles. The van der Waals surface area contributed by atoms with Crippen LogP contribution in [0.1, 0.15) is 46.2 Å². The van der Waals surface area contributed by atoms with Crippen LogP contribution in [0.2, 0.25) is 0 Å². The Kier molecular flexibility index (Phi) is 5.42. The molecule has 2 aromatic rings. The summed E-state index contributed by atoms with van der Waals surface area (Å²) >= 11 is 0. The molecule has 3 rings (SSSR count). The van der Waals surface area contributed by atoms with E-state index in [1.807, 2.05) is 24.8 Å². The number of nitrogens with zero attached hydrogens (tertiary/aromatic N) is 1. The molecule has 2 heterocycles. The fourth-order valence-electron chi connectivity index (χ4n) is 3.29. The number of aryl methyl sites for hydroxylation is 1. The number of carbonyl (C=O) groups excluding carboxylic acids is 2. The molecule has 0 radical (unpaired) electrons.